The zero-order chi connectivity index (χ0) is 26.7. The summed E-state index contributed by atoms with van der Waals surface area (Å²) < 4.78 is 10.6. The molecule has 0 rings (SSSR count). The Bertz CT molecular complexity index is 660. The Hall–Kier alpha value is -2.04. The van der Waals surface area contributed by atoms with Crippen LogP contribution in [0.25, 0.3) is 20.9 Å². The van der Waals surface area contributed by atoms with Crippen molar-refractivity contribution >= 4 is 27.9 Å². The van der Waals surface area contributed by atoms with Crippen molar-refractivity contribution in [3.63, 3.8) is 0 Å². The topological polar surface area (TPSA) is 153 Å². The molecule has 0 aliphatic heterocycles. The molecule has 0 heterocycles. The molecule has 0 amide bonds. The summed E-state index contributed by atoms with van der Waals surface area (Å²) >= 11 is 2.99. The number of likely N-dealkylation sites (N-methyl/N-ethyl adjacent to an activating group) is 2. The van der Waals surface area contributed by atoms with Crippen molar-refractivity contribution < 1.29 is 23.5 Å². The number of esters is 2. The molecule has 0 radical (unpaired) electrons. The van der Waals surface area contributed by atoms with Gasteiger partial charge in [0.25, 0.3) is 0 Å². The minimum absolute atomic E-state index is 0.220. The van der Waals surface area contributed by atoms with Gasteiger partial charge in [-0.05, 0) is 66.7 Å². The molecule has 0 saturated heterocycles. The fourth-order valence-corrected chi connectivity index (χ4v) is 1.94. The van der Waals surface area contributed by atoms with Gasteiger partial charge in [0, 0.05) is 22.9 Å². The van der Waals surface area contributed by atoms with Gasteiger partial charge >= 0.3 is 11.9 Å². The Kier molecular flexibility index (Phi) is 19.8. The van der Waals surface area contributed by atoms with E-state index < -0.39 is 5.60 Å². The van der Waals surface area contributed by atoms with Crippen LogP contribution in [-0.4, -0.2) is 98.8 Å². The smallest absolute Gasteiger partial charge is 0.362 e. The molecule has 33 heavy (non-hydrogen) atoms. The number of carbonyl (C=O) groups excluding carboxylic acids is 2. The van der Waals surface area contributed by atoms with Crippen molar-refractivity contribution in [1.29, 1.82) is 0 Å². The Labute approximate surface area is 206 Å². The van der Waals surface area contributed by atoms with E-state index in [-0.39, 0.29) is 29.4 Å². The number of ether oxygens (including phenoxy) is 2. The van der Waals surface area contributed by atoms with E-state index in [4.69, 9.17) is 20.5 Å². The van der Waals surface area contributed by atoms with E-state index in [1.54, 1.807) is 0 Å². The van der Waals surface area contributed by atoms with Crippen LogP contribution in [0.2, 0.25) is 0 Å². The Morgan fingerprint density at radius 2 is 1.33 bits per heavy atom. The second-order valence-corrected chi connectivity index (χ2v) is 10.4. The van der Waals surface area contributed by atoms with Crippen LogP contribution in [0, 0.1) is 0 Å². The number of halogens is 1. The van der Waals surface area contributed by atoms with Gasteiger partial charge in [0.2, 0.25) is 0 Å². The molecule has 0 fully saturated rings. The van der Waals surface area contributed by atoms with Gasteiger partial charge in [-0.2, -0.15) is 0 Å². The standard InChI is InChI=1S/C10H21N4O2.C6H11BrO2.C4H10N4/c1-10(2,3)16-9(15)8-14(4,5)7-6-12-13-11;1-6(2,3)9-5(8)4-7;1-8(2)4-3-6-7-5/h6-8H2,1-5H3;4H2,1-3H3;3-4H2,1-2H3/q+1;;. The normalized spacial score (nSPS) is 10.9. The minimum Gasteiger partial charge on any atom is -0.459 e. The third kappa shape index (κ3) is 34.8. The SMILES string of the molecule is CC(C)(C)OC(=O)CBr.CC(C)(C)OC(=O)C[N+](C)(C)CCN=[N+]=[N-].CN(C)CCN=[N+]=[N-]. The van der Waals surface area contributed by atoms with Gasteiger partial charge < -0.3 is 18.9 Å². The maximum absolute atomic E-state index is 11.6. The molecule has 13 heteroatoms. The molecular weight excluding hydrogens is 496 g/mol. The van der Waals surface area contributed by atoms with Crippen molar-refractivity contribution in [2.24, 2.45) is 10.2 Å². The highest BCUT2D eigenvalue weighted by atomic mass is 79.9. The number of alkyl halides is 1. The van der Waals surface area contributed by atoms with Gasteiger partial charge in [-0.3, -0.25) is 4.79 Å². The quantitative estimate of drug-likeness (QED) is 0.107. The van der Waals surface area contributed by atoms with Crippen LogP contribution in [0.4, 0.5) is 0 Å². The van der Waals surface area contributed by atoms with Crippen molar-refractivity contribution in [2.45, 2.75) is 52.7 Å². The molecule has 0 saturated carbocycles. The lowest BCUT2D eigenvalue weighted by Crippen LogP contribution is -2.47. The van der Waals surface area contributed by atoms with Crippen LogP contribution in [0.5, 0.6) is 0 Å². The van der Waals surface area contributed by atoms with Gasteiger partial charge in [0.1, 0.15) is 16.5 Å². The summed E-state index contributed by atoms with van der Waals surface area (Å²) in [7, 11) is 7.67. The molecule has 0 aromatic carbocycles. The maximum atomic E-state index is 11.6. The average Bonchev–Trinajstić information content (AvgIpc) is 2.59. The Morgan fingerprint density at radius 1 is 0.909 bits per heavy atom. The van der Waals surface area contributed by atoms with Crippen molar-refractivity contribution in [3.05, 3.63) is 20.9 Å². The third-order valence-electron chi connectivity index (χ3n) is 3.09. The van der Waals surface area contributed by atoms with Crippen LogP contribution in [0.15, 0.2) is 10.2 Å². The van der Waals surface area contributed by atoms with Crippen LogP contribution >= 0.6 is 15.9 Å². The number of hydrogen-bond acceptors (Lipinski definition) is 7. The largest absolute Gasteiger partial charge is 0.459 e. The van der Waals surface area contributed by atoms with E-state index in [2.05, 4.69) is 36.0 Å². The molecule has 0 spiro atoms. The number of quaternary nitrogens is 1. The van der Waals surface area contributed by atoms with Crippen molar-refractivity contribution in [2.75, 3.05) is 66.2 Å². The number of rotatable bonds is 9. The first-order valence-electron chi connectivity index (χ1n) is 10.4. The molecule has 0 atom stereocenters. The Morgan fingerprint density at radius 3 is 1.67 bits per heavy atom. The Balaban J connectivity index is -0.000000449. The van der Waals surface area contributed by atoms with Crippen molar-refractivity contribution in [1.82, 2.24) is 4.90 Å². The lowest BCUT2D eigenvalue weighted by atomic mass is 10.2. The van der Waals surface area contributed by atoms with Gasteiger partial charge in [0.05, 0.1) is 27.2 Å². The predicted octanol–water partition coefficient (Wildman–Crippen LogP) is 4.30. The van der Waals surface area contributed by atoms with Gasteiger partial charge in [0.15, 0.2) is 6.54 Å². The van der Waals surface area contributed by atoms with E-state index in [1.165, 1.54) is 0 Å². The van der Waals surface area contributed by atoms with Crippen LogP contribution in [0.1, 0.15) is 41.5 Å². The average molecular weight is 539 g/mol. The molecule has 192 valence electrons. The first-order chi connectivity index (χ1) is 14.9. The monoisotopic (exact) mass is 537 g/mol. The zero-order valence-corrected chi connectivity index (χ0v) is 23.4. The first kappa shape index (κ1) is 35.5. The molecule has 0 aromatic heterocycles. The summed E-state index contributed by atoms with van der Waals surface area (Å²) in [6.45, 7) is 13.7. The molecule has 0 aromatic rings. The lowest BCUT2D eigenvalue weighted by Gasteiger charge is -2.29. The van der Waals surface area contributed by atoms with E-state index in [0.717, 1.165) is 6.54 Å². The van der Waals surface area contributed by atoms with E-state index in [9.17, 15) is 9.59 Å². The van der Waals surface area contributed by atoms with Crippen LogP contribution < -0.4 is 0 Å². The van der Waals surface area contributed by atoms with E-state index in [0.29, 0.717) is 24.1 Å². The van der Waals surface area contributed by atoms with E-state index >= 15 is 0 Å². The highest BCUT2D eigenvalue weighted by Gasteiger charge is 2.24. The highest BCUT2D eigenvalue weighted by Crippen LogP contribution is 2.09. The molecule has 0 bridgehead atoms. The second kappa shape index (κ2) is 18.4. The summed E-state index contributed by atoms with van der Waals surface area (Å²) in [5.74, 6) is -0.457. The summed E-state index contributed by atoms with van der Waals surface area (Å²) in [6.07, 6.45) is 0. The fraction of sp³-hybridized carbons (Fsp3) is 0.900. The third-order valence-corrected chi connectivity index (χ3v) is 3.54. The minimum atomic E-state index is -0.456. The van der Waals surface area contributed by atoms with Gasteiger partial charge in [-0.25, -0.2) is 4.79 Å². The van der Waals surface area contributed by atoms with E-state index in [1.807, 2.05) is 74.6 Å². The predicted molar refractivity (Wildman–Crippen MR) is 134 cm³/mol. The lowest BCUT2D eigenvalue weighted by molar-refractivity contribution is -0.881. The molecule has 0 aliphatic carbocycles. The molecule has 0 N–H and O–H groups in total. The summed E-state index contributed by atoms with van der Waals surface area (Å²) in [5.41, 5.74) is 15.2. The maximum Gasteiger partial charge on any atom is 0.362 e. The van der Waals surface area contributed by atoms with Crippen molar-refractivity contribution in [3.8, 4) is 0 Å². The fourth-order valence-electron chi connectivity index (χ4n) is 1.82. The second-order valence-electron chi connectivity index (χ2n) is 9.84. The number of hydrogen-bond donors (Lipinski definition) is 0. The molecule has 0 aliphatic rings. The number of azide groups is 2. The first-order valence-corrected chi connectivity index (χ1v) is 11.5. The number of carbonyl (C=O) groups is 2. The van der Waals surface area contributed by atoms with Gasteiger partial charge in [-0.1, -0.05) is 26.2 Å². The van der Waals surface area contributed by atoms with Gasteiger partial charge in [-0.15, -0.1) is 0 Å². The van der Waals surface area contributed by atoms with Crippen LogP contribution in [-0.2, 0) is 19.1 Å². The summed E-state index contributed by atoms with van der Waals surface area (Å²) in [5, 5.41) is 7.07. The number of nitrogens with zero attached hydrogens (tertiary/aromatic N) is 8. The molecule has 0 unspecified atom stereocenters. The summed E-state index contributed by atoms with van der Waals surface area (Å²) in [6, 6.07) is 0. The molecular formula is C20H42BrN8O4+. The van der Waals surface area contributed by atoms with Crippen LogP contribution in [0.3, 0.4) is 0 Å². The summed E-state index contributed by atoms with van der Waals surface area (Å²) in [4.78, 5) is 29.4. The zero-order valence-electron chi connectivity index (χ0n) is 21.8. The highest BCUT2D eigenvalue weighted by molar-refractivity contribution is 9.09. The molecule has 12 nitrogen and oxygen atoms in total.